The first-order valence-corrected chi connectivity index (χ1v) is 15.9. The number of hydrogen-bond acceptors (Lipinski definition) is 4. The van der Waals surface area contributed by atoms with E-state index in [4.69, 9.17) is 4.74 Å². The summed E-state index contributed by atoms with van der Waals surface area (Å²) in [5, 5.41) is 7.33. The molecule has 2 saturated heterocycles. The van der Waals surface area contributed by atoms with Crippen molar-refractivity contribution in [1.29, 1.82) is 0 Å². The van der Waals surface area contributed by atoms with Gasteiger partial charge in [-0.15, -0.1) is 0 Å². The van der Waals surface area contributed by atoms with Gasteiger partial charge in [0.25, 0.3) is 0 Å². The summed E-state index contributed by atoms with van der Waals surface area (Å²) in [6.07, 6.45) is 14.1. The van der Waals surface area contributed by atoms with Crippen molar-refractivity contribution in [3.05, 3.63) is 0 Å². The lowest BCUT2D eigenvalue weighted by atomic mass is 9.44. The molecule has 6 rings (SSSR count). The highest BCUT2D eigenvalue weighted by Crippen LogP contribution is 2.71. The van der Waals surface area contributed by atoms with Crippen LogP contribution in [-0.2, 0) is 9.53 Å². The number of ether oxygens (including phenoxy) is 1. The number of amides is 1. The van der Waals surface area contributed by atoms with Crippen molar-refractivity contribution in [1.82, 2.24) is 15.5 Å². The van der Waals surface area contributed by atoms with E-state index < -0.39 is 0 Å². The monoisotopic (exact) mass is 513 g/mol. The van der Waals surface area contributed by atoms with Gasteiger partial charge in [-0.3, -0.25) is 10.1 Å². The standard InChI is InChI=1S/C32H55N3O2/c1-20-9-15-32(33-19-20)21(2)29-27(37-32)18-26-24-8-7-22-17-23(34-28(36)12-16-35(5)6)10-13-30(22,3)25(24)11-14-31(26,29)4/h20-27,29,33H,7-19H2,1-6H3,(H,34,36)/t20-,21+,22+,23+,24-,25+,26+,27+,29+,30+,31+,32-/m1/s1. The highest BCUT2D eigenvalue weighted by Gasteiger charge is 2.68. The summed E-state index contributed by atoms with van der Waals surface area (Å²) in [7, 11) is 4.09. The zero-order valence-electron chi connectivity index (χ0n) is 24.7. The van der Waals surface area contributed by atoms with E-state index in [2.05, 4.69) is 43.2 Å². The van der Waals surface area contributed by atoms with Crippen molar-refractivity contribution in [2.24, 2.45) is 52.3 Å². The third-order valence-electron chi connectivity index (χ3n) is 13.3. The lowest BCUT2D eigenvalue weighted by Gasteiger charge is -2.61. The van der Waals surface area contributed by atoms with E-state index in [9.17, 15) is 4.79 Å². The van der Waals surface area contributed by atoms with Crippen LogP contribution < -0.4 is 10.6 Å². The second-order valence-corrected chi connectivity index (χ2v) is 15.4. The summed E-state index contributed by atoms with van der Waals surface area (Å²) in [6.45, 7) is 12.2. The average Bonchev–Trinajstić information content (AvgIpc) is 3.30. The normalized spacial score (nSPS) is 52.9. The molecule has 2 N–H and O–H groups in total. The summed E-state index contributed by atoms with van der Waals surface area (Å²) >= 11 is 0. The molecule has 0 bridgehead atoms. The van der Waals surface area contributed by atoms with Gasteiger partial charge in [0.15, 0.2) is 0 Å². The SMILES string of the molecule is C[C@@H]1CC[C@@]2(NC1)O[C@H]1C[C@H]3[C@@H]4CC[C@H]5C[C@@H](NC(=O)CCN(C)C)CC[C@]5(C)[C@H]4CC[C@]3(C)[C@H]1[C@@H]2C. The maximum absolute atomic E-state index is 12.5. The second kappa shape index (κ2) is 9.47. The van der Waals surface area contributed by atoms with E-state index in [1.165, 1.54) is 64.2 Å². The fourth-order valence-electron chi connectivity index (χ4n) is 11.2. The number of fused-ring (bicyclic) bond motifs is 7. The molecule has 1 amide bonds. The Morgan fingerprint density at radius 1 is 0.973 bits per heavy atom. The van der Waals surface area contributed by atoms with Crippen molar-refractivity contribution >= 4 is 5.91 Å². The Hall–Kier alpha value is -0.650. The first-order valence-electron chi connectivity index (χ1n) is 15.9. The van der Waals surface area contributed by atoms with Gasteiger partial charge < -0.3 is 15.0 Å². The topological polar surface area (TPSA) is 53.6 Å². The molecule has 4 saturated carbocycles. The van der Waals surface area contributed by atoms with Crippen molar-refractivity contribution in [3.8, 4) is 0 Å². The molecule has 5 nitrogen and oxygen atoms in total. The molecule has 6 aliphatic rings. The first kappa shape index (κ1) is 26.6. The Kier molecular flexibility index (Phi) is 6.80. The molecule has 0 aromatic heterocycles. The van der Waals surface area contributed by atoms with E-state index in [1.54, 1.807) is 0 Å². The van der Waals surface area contributed by atoms with Crippen LogP contribution in [0.25, 0.3) is 0 Å². The van der Waals surface area contributed by atoms with E-state index in [0.29, 0.717) is 35.3 Å². The summed E-state index contributed by atoms with van der Waals surface area (Å²) in [5.41, 5.74) is 0.855. The van der Waals surface area contributed by atoms with Crippen LogP contribution in [0.4, 0.5) is 0 Å². The molecule has 0 aromatic rings. The Morgan fingerprint density at radius 3 is 2.49 bits per heavy atom. The summed E-state index contributed by atoms with van der Waals surface area (Å²) < 4.78 is 7.07. The van der Waals surface area contributed by atoms with Crippen LogP contribution in [0.1, 0.15) is 98.3 Å². The number of nitrogens with one attached hydrogen (secondary N) is 2. The van der Waals surface area contributed by atoms with Crippen molar-refractivity contribution in [2.75, 3.05) is 27.2 Å². The molecule has 12 atom stereocenters. The molecule has 0 aromatic carbocycles. The lowest BCUT2D eigenvalue weighted by Crippen LogP contribution is -2.58. The predicted octanol–water partition coefficient (Wildman–Crippen LogP) is 5.44. The fourth-order valence-corrected chi connectivity index (χ4v) is 11.2. The maximum Gasteiger partial charge on any atom is 0.221 e. The lowest BCUT2D eigenvalue weighted by molar-refractivity contribution is -0.136. The third kappa shape index (κ3) is 4.24. The van der Waals surface area contributed by atoms with Gasteiger partial charge in [0.1, 0.15) is 5.72 Å². The van der Waals surface area contributed by atoms with Crippen molar-refractivity contribution < 1.29 is 9.53 Å². The van der Waals surface area contributed by atoms with Gasteiger partial charge in [0.2, 0.25) is 5.91 Å². The molecule has 4 aliphatic carbocycles. The Balaban J connectivity index is 1.13. The summed E-state index contributed by atoms with van der Waals surface area (Å²) in [6, 6.07) is 0.389. The van der Waals surface area contributed by atoms with Crippen LogP contribution >= 0.6 is 0 Å². The van der Waals surface area contributed by atoms with E-state index >= 15 is 0 Å². The molecule has 0 unspecified atom stereocenters. The molecule has 0 radical (unpaired) electrons. The van der Waals surface area contributed by atoms with Crippen LogP contribution in [0.3, 0.4) is 0 Å². The van der Waals surface area contributed by atoms with Crippen LogP contribution in [-0.4, -0.2) is 55.9 Å². The number of piperidine rings is 1. The molecule has 1 spiro atoms. The number of rotatable bonds is 4. The Bertz CT molecular complexity index is 868. The number of nitrogens with zero attached hydrogens (tertiary/aromatic N) is 1. The zero-order valence-corrected chi connectivity index (χ0v) is 24.7. The van der Waals surface area contributed by atoms with Crippen LogP contribution in [0.2, 0.25) is 0 Å². The molecule has 2 heterocycles. The van der Waals surface area contributed by atoms with E-state index in [0.717, 1.165) is 48.6 Å². The third-order valence-corrected chi connectivity index (χ3v) is 13.3. The largest absolute Gasteiger partial charge is 0.357 e. The quantitative estimate of drug-likeness (QED) is 0.525. The molecule has 2 aliphatic heterocycles. The molecule has 5 heteroatoms. The average molecular weight is 514 g/mol. The summed E-state index contributed by atoms with van der Waals surface area (Å²) in [4.78, 5) is 14.6. The van der Waals surface area contributed by atoms with Crippen LogP contribution in [0.15, 0.2) is 0 Å². The predicted molar refractivity (Wildman–Crippen MR) is 149 cm³/mol. The van der Waals surface area contributed by atoms with Gasteiger partial charge in [-0.05, 0) is 125 Å². The fraction of sp³-hybridized carbons (Fsp3) is 0.969. The Morgan fingerprint density at radius 2 is 1.76 bits per heavy atom. The van der Waals surface area contributed by atoms with Crippen molar-refractivity contribution in [3.63, 3.8) is 0 Å². The maximum atomic E-state index is 12.5. The van der Waals surface area contributed by atoms with Gasteiger partial charge in [0, 0.05) is 31.5 Å². The minimum atomic E-state index is -0.0499. The minimum Gasteiger partial charge on any atom is -0.357 e. The van der Waals surface area contributed by atoms with Crippen LogP contribution in [0.5, 0.6) is 0 Å². The smallest absolute Gasteiger partial charge is 0.221 e. The minimum absolute atomic E-state index is 0.0499. The molecule has 210 valence electrons. The molecule has 6 fully saturated rings. The van der Waals surface area contributed by atoms with E-state index in [-0.39, 0.29) is 11.6 Å². The van der Waals surface area contributed by atoms with Gasteiger partial charge in [-0.25, -0.2) is 0 Å². The number of hydrogen-bond donors (Lipinski definition) is 2. The second-order valence-electron chi connectivity index (χ2n) is 15.4. The Labute approximate surface area is 226 Å². The van der Waals surface area contributed by atoms with Crippen LogP contribution in [0, 0.1) is 52.3 Å². The molecule has 37 heavy (non-hydrogen) atoms. The highest BCUT2D eigenvalue weighted by atomic mass is 16.5. The highest BCUT2D eigenvalue weighted by molar-refractivity contribution is 5.76. The van der Waals surface area contributed by atoms with E-state index in [1.807, 2.05) is 14.1 Å². The number of carbonyl (C=O) groups excluding carboxylic acids is 1. The molecular formula is C32H55N3O2. The molecular weight excluding hydrogens is 458 g/mol. The zero-order chi connectivity index (χ0) is 26.2. The van der Waals surface area contributed by atoms with Gasteiger partial charge in [0.05, 0.1) is 6.10 Å². The summed E-state index contributed by atoms with van der Waals surface area (Å²) in [5.74, 6) is 5.72. The van der Waals surface area contributed by atoms with Gasteiger partial charge >= 0.3 is 0 Å². The van der Waals surface area contributed by atoms with Gasteiger partial charge in [-0.2, -0.15) is 0 Å². The number of carbonyl (C=O) groups is 1. The van der Waals surface area contributed by atoms with Crippen molar-refractivity contribution in [2.45, 2.75) is 116 Å². The first-order chi connectivity index (χ1) is 17.6. The van der Waals surface area contributed by atoms with Gasteiger partial charge in [-0.1, -0.05) is 27.7 Å².